The number of amides is 1. The minimum atomic E-state index is -0.874. The fourth-order valence-corrected chi connectivity index (χ4v) is 2.19. The summed E-state index contributed by atoms with van der Waals surface area (Å²) in [5.74, 6) is -1.70. The number of carboxylic acids is 1. The normalized spacial score (nSPS) is 22.5. The molecule has 2 rings (SSSR count). The fraction of sp³-hybridized carbons (Fsp3) is 0.333. The van der Waals surface area contributed by atoms with Crippen LogP contribution >= 0.6 is 0 Å². The first-order valence-corrected chi connectivity index (χ1v) is 6.51. The number of hydrogen-bond donors (Lipinski definition) is 3. The van der Waals surface area contributed by atoms with Gasteiger partial charge in [-0.3, -0.25) is 9.59 Å². The average molecular weight is 274 g/mol. The summed E-state index contributed by atoms with van der Waals surface area (Å²) in [7, 11) is 0. The monoisotopic (exact) mass is 274 g/mol. The Labute approximate surface area is 117 Å². The van der Waals surface area contributed by atoms with Crippen LogP contribution in [0.2, 0.25) is 0 Å². The van der Waals surface area contributed by atoms with Gasteiger partial charge in [-0.05, 0) is 18.9 Å². The summed E-state index contributed by atoms with van der Waals surface area (Å²) in [6.45, 7) is 1.96. The molecule has 0 bridgehead atoms. The van der Waals surface area contributed by atoms with Crippen molar-refractivity contribution in [2.75, 3.05) is 0 Å². The van der Waals surface area contributed by atoms with Crippen LogP contribution in [0.3, 0.4) is 0 Å². The molecular weight excluding hydrogens is 256 g/mol. The van der Waals surface area contributed by atoms with Crippen molar-refractivity contribution in [1.82, 2.24) is 5.32 Å². The summed E-state index contributed by atoms with van der Waals surface area (Å²) >= 11 is 0. The van der Waals surface area contributed by atoms with Crippen molar-refractivity contribution in [1.29, 1.82) is 0 Å². The standard InChI is InChI=1S/C15H18N2O3/c1-9-2-4-10(5-3-9)13(16)14(18)17-12-7-6-11(8-12)15(19)20/h2-7,11-13H,8,16H2,1H3,(H,17,18)(H,19,20). The summed E-state index contributed by atoms with van der Waals surface area (Å²) in [6.07, 6.45) is 3.69. The number of carbonyl (C=O) groups is 2. The van der Waals surface area contributed by atoms with E-state index in [-0.39, 0.29) is 11.9 Å². The number of nitrogens with one attached hydrogen (secondary N) is 1. The molecule has 1 amide bonds. The molecule has 0 fully saturated rings. The number of aliphatic carboxylic acids is 1. The lowest BCUT2D eigenvalue weighted by Gasteiger charge is -2.17. The van der Waals surface area contributed by atoms with E-state index in [1.54, 1.807) is 12.2 Å². The summed E-state index contributed by atoms with van der Waals surface area (Å²) < 4.78 is 0. The highest BCUT2D eigenvalue weighted by Crippen LogP contribution is 2.19. The Balaban J connectivity index is 1.94. The Kier molecular flexibility index (Phi) is 4.20. The second-order valence-electron chi connectivity index (χ2n) is 5.07. The molecule has 5 heteroatoms. The van der Waals surface area contributed by atoms with Crippen LogP contribution in [0.15, 0.2) is 36.4 Å². The van der Waals surface area contributed by atoms with E-state index in [0.717, 1.165) is 11.1 Å². The topological polar surface area (TPSA) is 92.4 Å². The molecule has 3 unspecified atom stereocenters. The molecule has 0 radical (unpaired) electrons. The van der Waals surface area contributed by atoms with E-state index in [9.17, 15) is 9.59 Å². The second-order valence-corrected chi connectivity index (χ2v) is 5.07. The van der Waals surface area contributed by atoms with Crippen LogP contribution in [-0.4, -0.2) is 23.0 Å². The number of benzene rings is 1. The van der Waals surface area contributed by atoms with Gasteiger partial charge in [0.1, 0.15) is 6.04 Å². The smallest absolute Gasteiger partial charge is 0.310 e. The van der Waals surface area contributed by atoms with Crippen LogP contribution in [0.4, 0.5) is 0 Å². The van der Waals surface area contributed by atoms with Gasteiger partial charge in [-0.2, -0.15) is 0 Å². The van der Waals surface area contributed by atoms with Crippen molar-refractivity contribution in [3.05, 3.63) is 47.5 Å². The highest BCUT2D eigenvalue weighted by atomic mass is 16.4. The van der Waals surface area contributed by atoms with Gasteiger partial charge in [-0.25, -0.2) is 0 Å². The first-order chi connectivity index (χ1) is 9.47. The Bertz CT molecular complexity index is 537. The molecule has 1 aromatic rings. The van der Waals surface area contributed by atoms with Gasteiger partial charge in [-0.15, -0.1) is 0 Å². The lowest BCUT2D eigenvalue weighted by Crippen LogP contribution is -2.39. The van der Waals surface area contributed by atoms with Gasteiger partial charge in [0.05, 0.1) is 5.92 Å². The third kappa shape index (κ3) is 3.24. The lowest BCUT2D eigenvalue weighted by atomic mass is 10.0. The van der Waals surface area contributed by atoms with E-state index < -0.39 is 17.9 Å². The SMILES string of the molecule is Cc1ccc(C(N)C(=O)NC2C=CC(C(=O)O)C2)cc1. The van der Waals surface area contributed by atoms with E-state index in [4.69, 9.17) is 10.8 Å². The maximum absolute atomic E-state index is 12.0. The number of rotatable bonds is 4. The van der Waals surface area contributed by atoms with Gasteiger partial charge < -0.3 is 16.2 Å². The third-order valence-corrected chi connectivity index (χ3v) is 3.45. The molecular formula is C15H18N2O3. The molecule has 3 atom stereocenters. The molecule has 0 saturated heterocycles. The lowest BCUT2D eigenvalue weighted by molar-refractivity contribution is -0.140. The minimum absolute atomic E-state index is 0.264. The van der Waals surface area contributed by atoms with Gasteiger partial charge in [0.15, 0.2) is 0 Å². The maximum Gasteiger partial charge on any atom is 0.310 e. The first kappa shape index (κ1) is 14.3. The zero-order chi connectivity index (χ0) is 14.7. The van der Waals surface area contributed by atoms with Crippen molar-refractivity contribution in [2.24, 2.45) is 11.7 Å². The zero-order valence-electron chi connectivity index (χ0n) is 11.2. The van der Waals surface area contributed by atoms with Crippen molar-refractivity contribution < 1.29 is 14.7 Å². The number of carboxylic acid groups (broad SMARTS) is 1. The number of hydrogen-bond acceptors (Lipinski definition) is 3. The summed E-state index contributed by atoms with van der Waals surface area (Å²) in [5.41, 5.74) is 7.75. The predicted molar refractivity (Wildman–Crippen MR) is 74.9 cm³/mol. The van der Waals surface area contributed by atoms with Crippen LogP contribution in [-0.2, 0) is 9.59 Å². The van der Waals surface area contributed by atoms with E-state index in [1.807, 2.05) is 31.2 Å². The highest BCUT2D eigenvalue weighted by Gasteiger charge is 2.27. The summed E-state index contributed by atoms with van der Waals surface area (Å²) in [6, 6.07) is 6.44. The number of aryl methyl sites for hydroxylation is 1. The Morgan fingerprint density at radius 2 is 1.95 bits per heavy atom. The number of nitrogens with two attached hydrogens (primary N) is 1. The Morgan fingerprint density at radius 1 is 1.30 bits per heavy atom. The van der Waals surface area contributed by atoms with E-state index in [1.165, 1.54) is 0 Å². The van der Waals surface area contributed by atoms with Crippen LogP contribution in [0.25, 0.3) is 0 Å². The predicted octanol–water partition coefficient (Wildman–Crippen LogP) is 1.14. The molecule has 5 nitrogen and oxygen atoms in total. The van der Waals surface area contributed by atoms with Crippen LogP contribution < -0.4 is 11.1 Å². The molecule has 1 aliphatic carbocycles. The third-order valence-electron chi connectivity index (χ3n) is 3.45. The van der Waals surface area contributed by atoms with Gasteiger partial charge in [-0.1, -0.05) is 42.0 Å². The molecule has 106 valence electrons. The quantitative estimate of drug-likeness (QED) is 0.718. The summed E-state index contributed by atoms with van der Waals surface area (Å²) in [5, 5.41) is 11.7. The molecule has 1 aliphatic rings. The molecule has 0 spiro atoms. The van der Waals surface area contributed by atoms with Gasteiger partial charge in [0.25, 0.3) is 0 Å². The Morgan fingerprint density at radius 3 is 2.50 bits per heavy atom. The highest BCUT2D eigenvalue weighted by molar-refractivity contribution is 5.83. The first-order valence-electron chi connectivity index (χ1n) is 6.51. The maximum atomic E-state index is 12.0. The largest absolute Gasteiger partial charge is 0.481 e. The average Bonchev–Trinajstić information content (AvgIpc) is 2.87. The van der Waals surface area contributed by atoms with Crippen molar-refractivity contribution in [3.63, 3.8) is 0 Å². The van der Waals surface area contributed by atoms with E-state index in [0.29, 0.717) is 6.42 Å². The zero-order valence-corrected chi connectivity index (χ0v) is 11.2. The van der Waals surface area contributed by atoms with Gasteiger partial charge >= 0.3 is 5.97 Å². The van der Waals surface area contributed by atoms with Crippen molar-refractivity contribution >= 4 is 11.9 Å². The van der Waals surface area contributed by atoms with E-state index >= 15 is 0 Å². The molecule has 0 saturated carbocycles. The Hall–Kier alpha value is -2.14. The molecule has 0 aromatic heterocycles. The number of carbonyl (C=O) groups excluding carboxylic acids is 1. The fourth-order valence-electron chi connectivity index (χ4n) is 2.19. The van der Waals surface area contributed by atoms with Gasteiger partial charge in [0.2, 0.25) is 5.91 Å². The molecule has 0 heterocycles. The minimum Gasteiger partial charge on any atom is -0.481 e. The summed E-state index contributed by atoms with van der Waals surface area (Å²) in [4.78, 5) is 22.9. The molecule has 0 aliphatic heterocycles. The van der Waals surface area contributed by atoms with Crippen LogP contribution in [0.5, 0.6) is 0 Å². The van der Waals surface area contributed by atoms with Crippen LogP contribution in [0, 0.1) is 12.8 Å². The van der Waals surface area contributed by atoms with Crippen LogP contribution in [0.1, 0.15) is 23.6 Å². The van der Waals surface area contributed by atoms with Crippen molar-refractivity contribution in [3.8, 4) is 0 Å². The second kappa shape index (κ2) is 5.88. The molecule has 20 heavy (non-hydrogen) atoms. The molecule has 1 aromatic carbocycles. The van der Waals surface area contributed by atoms with Crippen molar-refractivity contribution in [2.45, 2.75) is 25.4 Å². The van der Waals surface area contributed by atoms with Gasteiger partial charge in [0, 0.05) is 6.04 Å². The van der Waals surface area contributed by atoms with E-state index in [2.05, 4.69) is 5.32 Å². The molecule has 4 N–H and O–H groups in total.